The summed E-state index contributed by atoms with van der Waals surface area (Å²) < 4.78 is 0. The van der Waals surface area contributed by atoms with Gasteiger partial charge in [0.05, 0.1) is 17.8 Å². The minimum absolute atomic E-state index is 0.130. The Labute approximate surface area is 107 Å². The summed E-state index contributed by atoms with van der Waals surface area (Å²) in [5.74, 6) is 0. The molecule has 0 amide bonds. The summed E-state index contributed by atoms with van der Waals surface area (Å²) >= 11 is 1.61. The molecule has 0 saturated heterocycles. The van der Waals surface area contributed by atoms with Crippen molar-refractivity contribution in [1.82, 2.24) is 5.32 Å². The first kappa shape index (κ1) is 14.2. The summed E-state index contributed by atoms with van der Waals surface area (Å²) in [5, 5.41) is 13.7. The summed E-state index contributed by atoms with van der Waals surface area (Å²) in [6.45, 7) is 4.40. The lowest BCUT2D eigenvalue weighted by Crippen LogP contribution is -2.18. The van der Waals surface area contributed by atoms with Gasteiger partial charge in [0.1, 0.15) is 0 Å². The topological polar surface area (TPSA) is 44.6 Å². The summed E-state index contributed by atoms with van der Waals surface area (Å²) in [6.07, 6.45) is -0.344. The zero-order valence-corrected chi connectivity index (χ0v) is 11.4. The van der Waals surface area contributed by atoms with Gasteiger partial charge in [-0.15, -0.1) is 11.8 Å². The van der Waals surface area contributed by atoms with E-state index in [0.29, 0.717) is 6.67 Å². The van der Waals surface area contributed by atoms with E-state index in [0.717, 1.165) is 10.6 Å². The third-order valence-electron chi connectivity index (χ3n) is 2.38. The van der Waals surface area contributed by atoms with E-state index in [1.807, 2.05) is 44.3 Å². The van der Waals surface area contributed by atoms with Crippen molar-refractivity contribution in [3.8, 4) is 0 Å². The third kappa shape index (κ3) is 4.89. The smallest absolute Gasteiger partial charge is 0.0996 e. The lowest BCUT2D eigenvalue weighted by molar-refractivity contribution is 0.196. The van der Waals surface area contributed by atoms with Gasteiger partial charge in [0, 0.05) is 10.8 Å². The van der Waals surface area contributed by atoms with Crippen molar-refractivity contribution >= 4 is 16.8 Å². The van der Waals surface area contributed by atoms with E-state index in [-0.39, 0.29) is 11.4 Å². The standard InChI is InChI=1S/C13H20N2OS/c1-10(16)11(2)17-13(15-9-14-3)12-7-5-4-6-8-12/h4-8,10-11,14,16H,9H2,1-3H3/t10-,11?/m0/s1. The van der Waals surface area contributed by atoms with Crippen LogP contribution in [0.1, 0.15) is 19.4 Å². The Hall–Kier alpha value is -0.840. The van der Waals surface area contributed by atoms with E-state index in [1.54, 1.807) is 18.7 Å². The highest BCUT2D eigenvalue weighted by Crippen LogP contribution is 2.21. The van der Waals surface area contributed by atoms with Crippen LogP contribution in [-0.2, 0) is 0 Å². The number of hydrogen-bond donors (Lipinski definition) is 2. The van der Waals surface area contributed by atoms with Gasteiger partial charge in [-0.3, -0.25) is 4.99 Å². The first-order chi connectivity index (χ1) is 8.15. The Balaban J connectivity index is 2.82. The molecule has 0 aliphatic rings. The molecule has 2 N–H and O–H groups in total. The molecule has 3 nitrogen and oxygen atoms in total. The number of nitrogens with zero attached hydrogens (tertiary/aromatic N) is 1. The molecule has 0 heterocycles. The van der Waals surface area contributed by atoms with E-state index in [1.165, 1.54) is 0 Å². The molecule has 1 aromatic carbocycles. The van der Waals surface area contributed by atoms with Gasteiger partial charge >= 0.3 is 0 Å². The Kier molecular flexibility index (Phi) is 6.26. The van der Waals surface area contributed by atoms with Gasteiger partial charge in [-0.25, -0.2) is 0 Å². The van der Waals surface area contributed by atoms with Crippen molar-refractivity contribution in [2.45, 2.75) is 25.2 Å². The second kappa shape index (κ2) is 7.48. The minimum Gasteiger partial charge on any atom is -0.392 e. The normalized spacial score (nSPS) is 15.6. The van der Waals surface area contributed by atoms with Gasteiger partial charge in [0.15, 0.2) is 0 Å². The maximum atomic E-state index is 9.55. The molecule has 0 fully saturated rings. The average molecular weight is 252 g/mol. The van der Waals surface area contributed by atoms with E-state index < -0.39 is 0 Å². The van der Waals surface area contributed by atoms with Crippen LogP contribution < -0.4 is 5.32 Å². The largest absolute Gasteiger partial charge is 0.392 e. The van der Waals surface area contributed by atoms with Crippen molar-refractivity contribution in [3.05, 3.63) is 35.9 Å². The molecule has 2 atom stereocenters. The quantitative estimate of drug-likeness (QED) is 0.623. The average Bonchev–Trinajstić information content (AvgIpc) is 2.35. The zero-order chi connectivity index (χ0) is 12.7. The van der Waals surface area contributed by atoms with Crippen molar-refractivity contribution in [3.63, 3.8) is 0 Å². The van der Waals surface area contributed by atoms with Gasteiger partial charge in [0.25, 0.3) is 0 Å². The van der Waals surface area contributed by atoms with Crippen LogP contribution in [0.5, 0.6) is 0 Å². The Morgan fingerprint density at radius 3 is 2.53 bits per heavy atom. The summed E-state index contributed by atoms with van der Waals surface area (Å²) in [6, 6.07) is 10.1. The monoisotopic (exact) mass is 252 g/mol. The maximum absolute atomic E-state index is 9.55. The van der Waals surface area contributed by atoms with Crippen LogP contribution in [-0.4, -0.2) is 35.2 Å². The maximum Gasteiger partial charge on any atom is 0.0996 e. The third-order valence-corrected chi connectivity index (χ3v) is 3.73. The number of hydrogen-bond acceptors (Lipinski definition) is 4. The SMILES string of the molecule is CNCN=C(SC(C)[C@H](C)O)c1ccccc1. The second-order valence-corrected chi connectivity index (χ2v) is 5.27. The molecule has 17 heavy (non-hydrogen) atoms. The molecule has 0 radical (unpaired) electrons. The summed E-state index contributed by atoms with van der Waals surface area (Å²) in [5.41, 5.74) is 1.10. The highest BCUT2D eigenvalue weighted by Gasteiger charge is 2.14. The van der Waals surface area contributed by atoms with Gasteiger partial charge < -0.3 is 10.4 Å². The molecule has 1 aromatic rings. The summed E-state index contributed by atoms with van der Waals surface area (Å²) in [4.78, 5) is 4.49. The number of aliphatic hydroxyl groups excluding tert-OH is 1. The number of aliphatic hydroxyl groups is 1. The van der Waals surface area contributed by atoms with Crippen LogP contribution >= 0.6 is 11.8 Å². The molecule has 0 aromatic heterocycles. The molecule has 4 heteroatoms. The lowest BCUT2D eigenvalue weighted by atomic mass is 10.2. The van der Waals surface area contributed by atoms with Gasteiger partial charge in [0.2, 0.25) is 0 Å². The molecule has 0 aliphatic heterocycles. The Morgan fingerprint density at radius 1 is 1.35 bits per heavy atom. The fourth-order valence-corrected chi connectivity index (χ4v) is 2.16. The van der Waals surface area contributed by atoms with Crippen LogP contribution in [0.2, 0.25) is 0 Å². The van der Waals surface area contributed by atoms with Gasteiger partial charge in [-0.05, 0) is 14.0 Å². The van der Waals surface area contributed by atoms with Crippen molar-refractivity contribution in [1.29, 1.82) is 0 Å². The molecule has 1 unspecified atom stereocenters. The van der Waals surface area contributed by atoms with E-state index in [9.17, 15) is 5.11 Å². The number of nitrogens with one attached hydrogen (secondary N) is 1. The predicted octanol–water partition coefficient (Wildman–Crippen LogP) is 2.11. The Morgan fingerprint density at radius 2 is 2.00 bits per heavy atom. The van der Waals surface area contributed by atoms with Crippen LogP contribution in [0.15, 0.2) is 35.3 Å². The molecule has 0 saturated carbocycles. The first-order valence-corrected chi connectivity index (χ1v) is 6.62. The van der Waals surface area contributed by atoms with Crippen LogP contribution in [0.4, 0.5) is 0 Å². The fraction of sp³-hybridized carbons (Fsp3) is 0.462. The predicted molar refractivity (Wildman–Crippen MR) is 75.6 cm³/mol. The highest BCUT2D eigenvalue weighted by molar-refractivity contribution is 8.15. The first-order valence-electron chi connectivity index (χ1n) is 5.74. The van der Waals surface area contributed by atoms with Crippen molar-refractivity contribution in [2.24, 2.45) is 4.99 Å². The lowest BCUT2D eigenvalue weighted by Gasteiger charge is -2.15. The molecular formula is C13H20N2OS. The summed E-state index contributed by atoms with van der Waals surface area (Å²) in [7, 11) is 1.87. The van der Waals surface area contributed by atoms with Gasteiger partial charge in [-0.1, -0.05) is 37.3 Å². The van der Waals surface area contributed by atoms with Crippen LogP contribution in [0.25, 0.3) is 0 Å². The molecule has 0 aliphatic carbocycles. The highest BCUT2D eigenvalue weighted by atomic mass is 32.2. The number of thioether (sulfide) groups is 1. The Bertz CT molecular complexity index is 352. The molecule has 1 rings (SSSR count). The molecular weight excluding hydrogens is 232 g/mol. The van der Waals surface area contributed by atoms with E-state index in [2.05, 4.69) is 10.3 Å². The van der Waals surface area contributed by atoms with E-state index >= 15 is 0 Å². The molecule has 0 bridgehead atoms. The van der Waals surface area contributed by atoms with Crippen molar-refractivity contribution < 1.29 is 5.11 Å². The van der Waals surface area contributed by atoms with Crippen molar-refractivity contribution in [2.75, 3.05) is 13.7 Å². The molecule has 94 valence electrons. The second-order valence-electron chi connectivity index (χ2n) is 3.90. The fourth-order valence-electron chi connectivity index (χ4n) is 1.20. The van der Waals surface area contributed by atoms with Crippen LogP contribution in [0.3, 0.4) is 0 Å². The van der Waals surface area contributed by atoms with E-state index in [4.69, 9.17) is 0 Å². The zero-order valence-electron chi connectivity index (χ0n) is 10.6. The number of aliphatic imine (C=N–C) groups is 1. The minimum atomic E-state index is -0.344. The molecule has 0 spiro atoms. The number of benzene rings is 1. The van der Waals surface area contributed by atoms with Crippen LogP contribution in [0, 0.1) is 0 Å². The number of rotatable bonds is 5. The van der Waals surface area contributed by atoms with Gasteiger partial charge in [-0.2, -0.15) is 0 Å².